The molecule has 6 nitrogen and oxygen atoms in total. The van der Waals surface area contributed by atoms with E-state index in [0.29, 0.717) is 41.9 Å². The predicted octanol–water partition coefficient (Wildman–Crippen LogP) is 7.70. The van der Waals surface area contributed by atoms with Crippen LogP contribution in [0.3, 0.4) is 0 Å². The van der Waals surface area contributed by atoms with Crippen LogP contribution in [0.4, 0.5) is 15.8 Å². The van der Waals surface area contributed by atoms with Crippen molar-refractivity contribution in [3.8, 4) is 11.8 Å². The summed E-state index contributed by atoms with van der Waals surface area (Å²) in [4.78, 5) is 27.9. The summed E-state index contributed by atoms with van der Waals surface area (Å²) in [7, 11) is 0. The van der Waals surface area contributed by atoms with Crippen molar-refractivity contribution in [3.05, 3.63) is 128 Å². The van der Waals surface area contributed by atoms with Gasteiger partial charge in [-0.2, -0.15) is 5.26 Å². The molecular formula is C31H19BrFN3O3S2. The van der Waals surface area contributed by atoms with Crippen LogP contribution in [0.15, 0.2) is 100 Å². The normalized spacial score (nSPS) is 13.8. The molecule has 0 aliphatic carbocycles. The second-order valence-corrected chi connectivity index (χ2v) is 11.3. The third kappa shape index (κ3) is 6.55. The highest BCUT2D eigenvalue weighted by atomic mass is 79.9. The first-order valence-electron chi connectivity index (χ1n) is 12.2. The molecule has 0 bridgehead atoms. The van der Waals surface area contributed by atoms with E-state index in [2.05, 4.69) is 27.3 Å². The summed E-state index contributed by atoms with van der Waals surface area (Å²) < 4.78 is 20.1. The first kappa shape index (κ1) is 28.2. The summed E-state index contributed by atoms with van der Waals surface area (Å²) in [6.45, 7) is 0.237. The molecule has 1 fully saturated rings. The lowest BCUT2D eigenvalue weighted by atomic mass is 10.1. The summed E-state index contributed by atoms with van der Waals surface area (Å²) in [5.74, 6) is -0.510. The molecule has 10 heteroatoms. The molecule has 4 aromatic rings. The molecule has 2 amide bonds. The van der Waals surface area contributed by atoms with Crippen molar-refractivity contribution in [2.24, 2.45) is 0 Å². The Bertz CT molecular complexity index is 1750. The number of carbonyl (C=O) groups is 2. The number of anilines is 2. The Morgan fingerprint density at radius 1 is 1.07 bits per heavy atom. The van der Waals surface area contributed by atoms with E-state index in [1.54, 1.807) is 48.5 Å². The van der Waals surface area contributed by atoms with Gasteiger partial charge in [0.1, 0.15) is 18.2 Å². The number of nitrogens with zero attached hydrogens (tertiary/aromatic N) is 2. The van der Waals surface area contributed by atoms with Crippen LogP contribution in [0.25, 0.3) is 6.08 Å². The lowest BCUT2D eigenvalue weighted by Gasteiger charge is -2.15. The van der Waals surface area contributed by atoms with E-state index in [1.165, 1.54) is 40.9 Å². The molecule has 1 saturated heterocycles. The number of ether oxygens (including phenoxy) is 1. The number of benzene rings is 4. The summed E-state index contributed by atoms with van der Waals surface area (Å²) in [6, 6.07) is 26.9. The minimum atomic E-state index is -0.401. The van der Waals surface area contributed by atoms with E-state index in [4.69, 9.17) is 17.0 Å². The molecule has 5 rings (SSSR count). The largest absolute Gasteiger partial charge is 0.488 e. The number of amides is 2. The number of thiocarbonyl (C=S) groups is 1. The van der Waals surface area contributed by atoms with Crippen molar-refractivity contribution in [1.29, 1.82) is 5.26 Å². The van der Waals surface area contributed by atoms with Crippen molar-refractivity contribution in [2.75, 3.05) is 10.2 Å². The highest BCUT2D eigenvalue weighted by Crippen LogP contribution is 2.37. The van der Waals surface area contributed by atoms with Gasteiger partial charge in [0, 0.05) is 16.8 Å². The van der Waals surface area contributed by atoms with E-state index in [0.717, 1.165) is 11.1 Å². The zero-order chi connectivity index (χ0) is 28.9. The van der Waals surface area contributed by atoms with Gasteiger partial charge in [-0.25, -0.2) is 4.39 Å². The topological polar surface area (TPSA) is 82.4 Å². The molecule has 0 saturated carbocycles. The molecular weight excluding hydrogens is 625 g/mol. The van der Waals surface area contributed by atoms with Gasteiger partial charge >= 0.3 is 0 Å². The van der Waals surface area contributed by atoms with Crippen molar-refractivity contribution in [2.45, 2.75) is 6.61 Å². The Labute approximate surface area is 253 Å². The first-order chi connectivity index (χ1) is 19.8. The molecule has 0 spiro atoms. The Morgan fingerprint density at radius 2 is 1.85 bits per heavy atom. The van der Waals surface area contributed by atoms with Crippen molar-refractivity contribution >= 4 is 73.5 Å². The minimum Gasteiger partial charge on any atom is -0.488 e. The number of nitriles is 1. The predicted molar refractivity (Wildman–Crippen MR) is 166 cm³/mol. The highest BCUT2D eigenvalue weighted by Gasteiger charge is 2.33. The SMILES string of the molecule is N#Cc1ccccc1COc1ccc(/C=C2/SC(=S)N(c3cccc(C(=O)Nc4ccc(F)cc4)c3)C2=O)cc1Br. The fourth-order valence-electron chi connectivity index (χ4n) is 4.00. The lowest BCUT2D eigenvalue weighted by Crippen LogP contribution is -2.27. The van der Waals surface area contributed by atoms with E-state index >= 15 is 0 Å². The van der Waals surface area contributed by atoms with E-state index in [9.17, 15) is 19.2 Å². The molecule has 0 unspecified atom stereocenters. The van der Waals surface area contributed by atoms with Crippen molar-refractivity contribution in [1.82, 2.24) is 0 Å². The van der Waals surface area contributed by atoms with Crippen LogP contribution in [0.2, 0.25) is 0 Å². The van der Waals surface area contributed by atoms with Gasteiger partial charge in [-0.15, -0.1) is 0 Å². The van der Waals surface area contributed by atoms with Gasteiger partial charge in [-0.3, -0.25) is 14.5 Å². The Morgan fingerprint density at radius 3 is 2.61 bits per heavy atom. The molecule has 1 aliphatic heterocycles. The van der Waals surface area contributed by atoms with Crippen molar-refractivity contribution < 1.29 is 18.7 Å². The minimum absolute atomic E-state index is 0.237. The van der Waals surface area contributed by atoms with Crippen LogP contribution in [-0.2, 0) is 11.4 Å². The van der Waals surface area contributed by atoms with Crippen LogP contribution in [0.1, 0.15) is 27.0 Å². The summed E-state index contributed by atoms with van der Waals surface area (Å²) in [6.07, 6.45) is 1.74. The van der Waals surface area contributed by atoms with Gasteiger partial charge in [0.2, 0.25) is 0 Å². The Balaban J connectivity index is 1.29. The molecule has 202 valence electrons. The van der Waals surface area contributed by atoms with Gasteiger partial charge in [-0.1, -0.05) is 54.3 Å². The van der Waals surface area contributed by atoms with Crippen LogP contribution >= 0.6 is 39.9 Å². The average Bonchev–Trinajstić information content (AvgIpc) is 3.25. The number of hydrogen-bond acceptors (Lipinski definition) is 6. The molecule has 0 aromatic heterocycles. The maximum absolute atomic E-state index is 13.3. The zero-order valence-electron chi connectivity index (χ0n) is 21.1. The number of halogens is 2. The number of nitrogens with one attached hydrogen (secondary N) is 1. The molecule has 0 atom stereocenters. The third-order valence-corrected chi connectivity index (χ3v) is 7.96. The van der Waals surface area contributed by atoms with Crippen LogP contribution in [0.5, 0.6) is 5.75 Å². The van der Waals surface area contributed by atoms with Crippen LogP contribution < -0.4 is 15.0 Å². The average molecular weight is 645 g/mol. The smallest absolute Gasteiger partial charge is 0.270 e. The number of carbonyl (C=O) groups excluding carboxylic acids is 2. The van der Waals surface area contributed by atoms with E-state index in [1.807, 2.05) is 24.3 Å². The molecule has 1 aliphatic rings. The van der Waals surface area contributed by atoms with Crippen LogP contribution in [-0.4, -0.2) is 16.1 Å². The molecule has 1 heterocycles. The number of thioether (sulfide) groups is 1. The van der Waals surface area contributed by atoms with Gasteiger partial charge in [0.05, 0.1) is 26.7 Å². The summed E-state index contributed by atoms with van der Waals surface area (Å²) in [5, 5.41) is 12.0. The standard InChI is InChI=1S/C31H19BrFN3O3S2/c32-26-14-19(8-13-27(26)39-18-22-5-2-1-4-21(22)17-34)15-28-30(38)36(31(40)41-28)25-7-3-6-20(16-25)29(37)35-24-11-9-23(33)10-12-24/h1-16H,18H2,(H,35,37)/b28-15+. The van der Waals surface area contributed by atoms with E-state index in [-0.39, 0.29) is 12.5 Å². The van der Waals surface area contributed by atoms with Crippen LogP contribution in [0, 0.1) is 17.1 Å². The maximum atomic E-state index is 13.3. The van der Waals surface area contributed by atoms with Gasteiger partial charge in [-0.05, 0) is 88.2 Å². The van der Waals surface area contributed by atoms with E-state index < -0.39 is 11.7 Å². The fraction of sp³-hybridized carbons (Fsp3) is 0.0323. The lowest BCUT2D eigenvalue weighted by molar-refractivity contribution is -0.113. The molecule has 1 N–H and O–H groups in total. The maximum Gasteiger partial charge on any atom is 0.270 e. The van der Waals surface area contributed by atoms with Gasteiger partial charge in [0.15, 0.2) is 4.32 Å². The summed E-state index contributed by atoms with van der Waals surface area (Å²) in [5.41, 5.74) is 3.33. The third-order valence-electron chi connectivity index (χ3n) is 6.04. The second kappa shape index (κ2) is 12.5. The number of hydrogen-bond donors (Lipinski definition) is 1. The molecule has 4 aromatic carbocycles. The fourth-order valence-corrected chi connectivity index (χ4v) is 5.81. The highest BCUT2D eigenvalue weighted by molar-refractivity contribution is 9.10. The molecule has 0 radical (unpaired) electrons. The van der Waals surface area contributed by atoms with Gasteiger partial charge in [0.25, 0.3) is 11.8 Å². The number of rotatable bonds is 7. The molecule has 41 heavy (non-hydrogen) atoms. The van der Waals surface area contributed by atoms with Crippen molar-refractivity contribution in [3.63, 3.8) is 0 Å². The quantitative estimate of drug-likeness (QED) is 0.164. The summed E-state index contributed by atoms with van der Waals surface area (Å²) >= 11 is 10.2. The Kier molecular flexibility index (Phi) is 8.59. The van der Waals surface area contributed by atoms with Gasteiger partial charge < -0.3 is 10.1 Å². The zero-order valence-corrected chi connectivity index (χ0v) is 24.4. The second-order valence-electron chi connectivity index (χ2n) is 8.78. The Hall–Kier alpha value is -4.30. The first-order valence-corrected chi connectivity index (χ1v) is 14.2. The monoisotopic (exact) mass is 643 g/mol.